The lowest BCUT2D eigenvalue weighted by Gasteiger charge is -2.28. The SMILES string of the molecule is COc1cc2c(cc1OC)C(c1ccc3c(c1)c1ccccc1n3C)OCC2. The molecule has 0 amide bonds. The van der Waals surface area contributed by atoms with Gasteiger partial charge in [0, 0.05) is 28.9 Å². The van der Waals surface area contributed by atoms with Gasteiger partial charge in [-0.05, 0) is 53.4 Å². The van der Waals surface area contributed by atoms with Gasteiger partial charge < -0.3 is 18.8 Å². The first-order valence-corrected chi connectivity index (χ1v) is 9.54. The third kappa shape index (κ3) is 2.49. The number of methoxy groups -OCH3 is 2. The number of ether oxygens (including phenoxy) is 3. The fourth-order valence-electron chi connectivity index (χ4n) is 4.40. The van der Waals surface area contributed by atoms with Crippen LogP contribution in [0.3, 0.4) is 0 Å². The van der Waals surface area contributed by atoms with E-state index < -0.39 is 0 Å². The maximum absolute atomic E-state index is 6.23. The van der Waals surface area contributed by atoms with Crippen LogP contribution in [0.2, 0.25) is 0 Å². The molecule has 0 saturated heterocycles. The molecule has 3 aromatic carbocycles. The largest absolute Gasteiger partial charge is 0.493 e. The lowest BCUT2D eigenvalue weighted by atomic mass is 9.91. The Labute approximate surface area is 164 Å². The van der Waals surface area contributed by atoms with E-state index >= 15 is 0 Å². The van der Waals surface area contributed by atoms with Crippen LogP contribution in [0.25, 0.3) is 21.8 Å². The van der Waals surface area contributed by atoms with Crippen LogP contribution in [0.4, 0.5) is 0 Å². The summed E-state index contributed by atoms with van der Waals surface area (Å²) in [7, 11) is 5.47. The minimum atomic E-state index is -0.105. The highest BCUT2D eigenvalue weighted by Crippen LogP contribution is 2.41. The number of fused-ring (bicyclic) bond motifs is 4. The van der Waals surface area contributed by atoms with E-state index in [1.54, 1.807) is 14.2 Å². The van der Waals surface area contributed by atoms with Crippen LogP contribution in [0.5, 0.6) is 11.5 Å². The van der Waals surface area contributed by atoms with E-state index in [1.165, 1.54) is 27.4 Å². The number of nitrogens with zero attached hydrogens (tertiary/aromatic N) is 1. The van der Waals surface area contributed by atoms with Crippen LogP contribution in [0.1, 0.15) is 22.8 Å². The molecule has 0 aliphatic carbocycles. The van der Waals surface area contributed by atoms with Crippen molar-refractivity contribution in [3.63, 3.8) is 0 Å². The van der Waals surface area contributed by atoms with E-state index in [2.05, 4.69) is 66.2 Å². The van der Waals surface area contributed by atoms with Gasteiger partial charge in [-0.1, -0.05) is 24.3 Å². The van der Waals surface area contributed by atoms with Gasteiger partial charge in [-0.15, -0.1) is 0 Å². The van der Waals surface area contributed by atoms with Crippen LogP contribution in [0, 0.1) is 0 Å². The Morgan fingerprint density at radius 2 is 1.64 bits per heavy atom. The van der Waals surface area contributed by atoms with Crippen LogP contribution < -0.4 is 9.47 Å². The van der Waals surface area contributed by atoms with E-state index in [0.717, 1.165) is 29.0 Å². The molecule has 0 N–H and O–H groups in total. The highest BCUT2D eigenvalue weighted by molar-refractivity contribution is 6.08. The first-order valence-electron chi connectivity index (χ1n) is 9.54. The molecule has 4 aromatic rings. The molecule has 0 fully saturated rings. The molecular weight excluding hydrogens is 350 g/mol. The van der Waals surface area contributed by atoms with Gasteiger partial charge in [0.25, 0.3) is 0 Å². The lowest BCUT2D eigenvalue weighted by Crippen LogP contribution is -2.17. The highest BCUT2D eigenvalue weighted by atomic mass is 16.5. The number of aryl methyl sites for hydroxylation is 1. The topological polar surface area (TPSA) is 32.6 Å². The Bertz CT molecular complexity index is 1190. The van der Waals surface area contributed by atoms with Crippen molar-refractivity contribution in [2.24, 2.45) is 7.05 Å². The van der Waals surface area contributed by atoms with Crippen molar-refractivity contribution in [3.8, 4) is 11.5 Å². The molecule has 1 unspecified atom stereocenters. The molecule has 142 valence electrons. The molecule has 28 heavy (non-hydrogen) atoms. The maximum atomic E-state index is 6.23. The van der Waals surface area contributed by atoms with E-state index in [0.29, 0.717) is 6.61 Å². The van der Waals surface area contributed by atoms with Gasteiger partial charge in [0.15, 0.2) is 11.5 Å². The van der Waals surface area contributed by atoms with Gasteiger partial charge in [0.1, 0.15) is 6.10 Å². The molecule has 0 saturated carbocycles. The second-order valence-electron chi connectivity index (χ2n) is 7.26. The highest BCUT2D eigenvalue weighted by Gasteiger charge is 2.25. The zero-order chi connectivity index (χ0) is 19.3. The molecule has 4 heteroatoms. The quantitative estimate of drug-likeness (QED) is 0.506. The number of para-hydroxylation sites is 1. The minimum Gasteiger partial charge on any atom is -0.493 e. The minimum absolute atomic E-state index is 0.105. The van der Waals surface area contributed by atoms with Crippen LogP contribution in [-0.4, -0.2) is 25.4 Å². The number of benzene rings is 3. The van der Waals surface area contributed by atoms with Crippen LogP contribution in [0.15, 0.2) is 54.6 Å². The summed E-state index contributed by atoms with van der Waals surface area (Å²) >= 11 is 0. The predicted octanol–water partition coefficient (Wildman–Crippen LogP) is 5.01. The summed E-state index contributed by atoms with van der Waals surface area (Å²) < 4.78 is 19.5. The summed E-state index contributed by atoms with van der Waals surface area (Å²) in [4.78, 5) is 0. The number of rotatable bonds is 3. The maximum Gasteiger partial charge on any atom is 0.161 e. The molecule has 4 nitrogen and oxygen atoms in total. The normalized spacial score (nSPS) is 16.3. The van der Waals surface area contributed by atoms with Gasteiger partial charge in [-0.25, -0.2) is 0 Å². The number of aromatic nitrogens is 1. The monoisotopic (exact) mass is 373 g/mol. The fraction of sp³-hybridized carbons (Fsp3) is 0.250. The number of hydrogen-bond acceptors (Lipinski definition) is 3. The molecular formula is C24H23NO3. The zero-order valence-electron chi connectivity index (χ0n) is 16.4. The van der Waals surface area contributed by atoms with E-state index in [-0.39, 0.29) is 6.10 Å². The molecule has 0 radical (unpaired) electrons. The van der Waals surface area contributed by atoms with Gasteiger partial charge in [0.05, 0.1) is 20.8 Å². The van der Waals surface area contributed by atoms with Crippen molar-refractivity contribution >= 4 is 21.8 Å². The Kier molecular flexibility index (Phi) is 4.02. The standard InChI is InChI=1S/C24H23NO3/c1-25-20-7-5-4-6-17(20)19-12-16(8-9-21(19)25)24-18-14-23(27-3)22(26-2)13-15(18)10-11-28-24/h4-9,12-14,24H,10-11H2,1-3H3. The second kappa shape index (κ2) is 6.57. The first-order chi connectivity index (χ1) is 13.7. The number of hydrogen-bond donors (Lipinski definition) is 0. The van der Waals surface area contributed by atoms with Crippen molar-refractivity contribution in [1.29, 1.82) is 0 Å². The molecule has 1 aliphatic heterocycles. The average Bonchev–Trinajstić information content (AvgIpc) is 3.04. The van der Waals surface area contributed by atoms with Gasteiger partial charge in [-0.2, -0.15) is 0 Å². The summed E-state index contributed by atoms with van der Waals surface area (Å²) in [5, 5.41) is 2.52. The fourth-order valence-corrected chi connectivity index (χ4v) is 4.40. The first kappa shape index (κ1) is 17.1. The van der Waals surface area contributed by atoms with Gasteiger partial charge in [0.2, 0.25) is 0 Å². The lowest BCUT2D eigenvalue weighted by molar-refractivity contribution is 0.0696. The third-order valence-electron chi connectivity index (χ3n) is 5.82. The summed E-state index contributed by atoms with van der Waals surface area (Å²) in [6.07, 6.45) is 0.773. The van der Waals surface area contributed by atoms with E-state index in [1.807, 2.05) is 0 Å². The van der Waals surface area contributed by atoms with Crippen molar-refractivity contribution in [1.82, 2.24) is 4.57 Å². The second-order valence-corrected chi connectivity index (χ2v) is 7.26. The van der Waals surface area contributed by atoms with Crippen molar-refractivity contribution < 1.29 is 14.2 Å². The Morgan fingerprint density at radius 1 is 0.893 bits per heavy atom. The summed E-state index contributed by atoms with van der Waals surface area (Å²) in [5.41, 5.74) is 6.05. The van der Waals surface area contributed by atoms with Crippen molar-refractivity contribution in [2.45, 2.75) is 12.5 Å². The molecule has 2 heterocycles. The molecule has 1 aliphatic rings. The molecule has 0 bridgehead atoms. The average molecular weight is 373 g/mol. The Hall–Kier alpha value is -2.98. The van der Waals surface area contributed by atoms with Crippen LogP contribution >= 0.6 is 0 Å². The molecule has 5 rings (SSSR count). The molecule has 0 spiro atoms. The summed E-state index contributed by atoms with van der Waals surface area (Å²) in [5.74, 6) is 1.51. The summed E-state index contributed by atoms with van der Waals surface area (Å²) in [6, 6.07) is 19.3. The summed E-state index contributed by atoms with van der Waals surface area (Å²) in [6.45, 7) is 0.695. The molecule has 1 atom stereocenters. The van der Waals surface area contributed by atoms with Crippen LogP contribution in [-0.2, 0) is 18.2 Å². The van der Waals surface area contributed by atoms with E-state index in [4.69, 9.17) is 14.2 Å². The zero-order valence-corrected chi connectivity index (χ0v) is 16.4. The van der Waals surface area contributed by atoms with Crippen molar-refractivity contribution in [3.05, 3.63) is 71.3 Å². The van der Waals surface area contributed by atoms with Crippen molar-refractivity contribution in [2.75, 3.05) is 20.8 Å². The van der Waals surface area contributed by atoms with E-state index in [9.17, 15) is 0 Å². The Balaban J connectivity index is 1.68. The van der Waals surface area contributed by atoms with Gasteiger partial charge in [-0.3, -0.25) is 0 Å². The Morgan fingerprint density at radius 3 is 2.46 bits per heavy atom. The smallest absolute Gasteiger partial charge is 0.161 e. The molecule has 1 aromatic heterocycles. The van der Waals surface area contributed by atoms with Gasteiger partial charge >= 0.3 is 0 Å². The predicted molar refractivity (Wildman–Crippen MR) is 111 cm³/mol. The third-order valence-corrected chi connectivity index (χ3v) is 5.82.